The highest BCUT2D eigenvalue weighted by atomic mass is 32.1. The predicted molar refractivity (Wildman–Crippen MR) is 64.1 cm³/mol. The van der Waals surface area contributed by atoms with E-state index in [1.165, 1.54) is 15.9 Å². The smallest absolute Gasteiger partial charge is 0.371 e. The molecule has 2 aromatic rings. The van der Waals surface area contributed by atoms with Crippen molar-refractivity contribution in [3.63, 3.8) is 0 Å². The summed E-state index contributed by atoms with van der Waals surface area (Å²) >= 11 is 1.31. The third-order valence-electron chi connectivity index (χ3n) is 2.45. The van der Waals surface area contributed by atoms with E-state index < -0.39 is 11.4 Å². The van der Waals surface area contributed by atoms with Gasteiger partial charge in [-0.15, -0.1) is 11.3 Å². The lowest BCUT2D eigenvalue weighted by molar-refractivity contribution is 0.400. The monoisotopic (exact) mass is 239 g/mol. The van der Waals surface area contributed by atoms with E-state index in [9.17, 15) is 9.59 Å². The van der Waals surface area contributed by atoms with Crippen LogP contribution in [0.5, 0.6) is 0 Å². The summed E-state index contributed by atoms with van der Waals surface area (Å²) in [6.45, 7) is 4.78. The maximum Gasteiger partial charge on any atom is 0.422 e. The average molecular weight is 239 g/mol. The fourth-order valence-corrected chi connectivity index (χ4v) is 2.32. The molecule has 0 saturated carbocycles. The van der Waals surface area contributed by atoms with Crippen molar-refractivity contribution >= 4 is 21.6 Å². The van der Waals surface area contributed by atoms with Gasteiger partial charge in [-0.3, -0.25) is 4.57 Å². The van der Waals surface area contributed by atoms with Gasteiger partial charge in [0.15, 0.2) is 0 Å². The SMILES string of the molecule is CC(C)CCn1c(=O)oc(=O)c2sccc21. The highest BCUT2D eigenvalue weighted by molar-refractivity contribution is 7.17. The Bertz CT molecular complexity index is 605. The Morgan fingerprint density at radius 2 is 2.19 bits per heavy atom. The molecule has 16 heavy (non-hydrogen) atoms. The Morgan fingerprint density at radius 1 is 1.44 bits per heavy atom. The summed E-state index contributed by atoms with van der Waals surface area (Å²) in [6, 6.07) is 1.79. The number of aromatic nitrogens is 1. The number of hydrogen-bond acceptors (Lipinski definition) is 4. The maximum atomic E-state index is 11.6. The third-order valence-corrected chi connectivity index (χ3v) is 3.33. The van der Waals surface area contributed by atoms with Gasteiger partial charge in [0.05, 0.1) is 5.52 Å². The summed E-state index contributed by atoms with van der Waals surface area (Å²) < 4.78 is 6.73. The van der Waals surface area contributed by atoms with E-state index in [2.05, 4.69) is 18.3 Å². The molecule has 0 N–H and O–H groups in total. The molecule has 0 amide bonds. The molecule has 2 rings (SSSR count). The van der Waals surface area contributed by atoms with Gasteiger partial charge < -0.3 is 4.42 Å². The van der Waals surface area contributed by atoms with Crippen LogP contribution in [0.3, 0.4) is 0 Å². The lowest BCUT2D eigenvalue weighted by Gasteiger charge is -2.07. The minimum atomic E-state index is -0.559. The van der Waals surface area contributed by atoms with Crippen molar-refractivity contribution in [2.45, 2.75) is 26.8 Å². The van der Waals surface area contributed by atoms with Crippen LogP contribution in [0.25, 0.3) is 10.2 Å². The van der Waals surface area contributed by atoms with Crippen LogP contribution in [0.15, 0.2) is 25.5 Å². The molecule has 0 aromatic carbocycles. The van der Waals surface area contributed by atoms with Crippen molar-refractivity contribution in [2.24, 2.45) is 5.92 Å². The zero-order valence-electron chi connectivity index (χ0n) is 9.23. The van der Waals surface area contributed by atoms with Gasteiger partial charge in [-0.2, -0.15) is 0 Å². The summed E-state index contributed by atoms with van der Waals surface area (Å²) in [5, 5.41) is 1.80. The maximum absolute atomic E-state index is 11.6. The largest absolute Gasteiger partial charge is 0.422 e. The first-order valence-corrected chi connectivity index (χ1v) is 6.08. The van der Waals surface area contributed by atoms with Crippen molar-refractivity contribution in [1.82, 2.24) is 4.57 Å². The highest BCUT2D eigenvalue weighted by Gasteiger charge is 2.10. The Balaban J connectivity index is 2.55. The zero-order valence-corrected chi connectivity index (χ0v) is 10.0. The van der Waals surface area contributed by atoms with Crippen LogP contribution in [0, 0.1) is 5.92 Å². The van der Waals surface area contributed by atoms with Crippen molar-refractivity contribution in [3.05, 3.63) is 32.4 Å². The average Bonchev–Trinajstić information content (AvgIpc) is 2.65. The van der Waals surface area contributed by atoms with Gasteiger partial charge in [-0.1, -0.05) is 13.8 Å². The highest BCUT2D eigenvalue weighted by Crippen LogP contribution is 2.15. The van der Waals surface area contributed by atoms with Gasteiger partial charge in [0.2, 0.25) is 0 Å². The van der Waals surface area contributed by atoms with Gasteiger partial charge in [-0.25, -0.2) is 9.59 Å². The summed E-state index contributed by atoms with van der Waals surface area (Å²) in [5.74, 6) is -0.0518. The molecule has 0 saturated heterocycles. The second kappa shape index (κ2) is 4.25. The Morgan fingerprint density at radius 3 is 2.88 bits per heavy atom. The van der Waals surface area contributed by atoms with Crippen LogP contribution in [0.2, 0.25) is 0 Å². The molecule has 0 fully saturated rings. The van der Waals surface area contributed by atoms with E-state index in [4.69, 9.17) is 0 Å². The number of hydrogen-bond donors (Lipinski definition) is 0. The van der Waals surface area contributed by atoms with Crippen LogP contribution >= 0.6 is 11.3 Å². The molecule has 0 aliphatic carbocycles. The van der Waals surface area contributed by atoms with Gasteiger partial charge in [0.25, 0.3) is 0 Å². The Kier molecular flexibility index (Phi) is 2.96. The predicted octanol–water partition coefficient (Wildman–Crippen LogP) is 2.06. The Hall–Kier alpha value is -1.36. The summed E-state index contributed by atoms with van der Waals surface area (Å²) in [6.07, 6.45) is 0.887. The van der Waals surface area contributed by atoms with Crippen molar-refractivity contribution < 1.29 is 4.42 Å². The van der Waals surface area contributed by atoms with E-state index in [-0.39, 0.29) is 0 Å². The first kappa shape index (κ1) is 11.1. The summed E-state index contributed by atoms with van der Waals surface area (Å²) in [4.78, 5) is 22.9. The molecule has 0 radical (unpaired) electrons. The fourth-order valence-electron chi connectivity index (χ4n) is 1.55. The molecule has 86 valence electrons. The zero-order chi connectivity index (χ0) is 11.7. The number of nitrogens with zero attached hydrogens (tertiary/aromatic N) is 1. The molecular weight excluding hydrogens is 226 g/mol. The fraction of sp³-hybridized carbons (Fsp3) is 0.455. The van der Waals surface area contributed by atoms with Crippen LogP contribution in [-0.2, 0) is 6.54 Å². The van der Waals surface area contributed by atoms with Crippen molar-refractivity contribution in [3.8, 4) is 0 Å². The topological polar surface area (TPSA) is 52.2 Å². The molecule has 0 spiro atoms. The lowest BCUT2D eigenvalue weighted by Crippen LogP contribution is -2.24. The minimum Gasteiger partial charge on any atom is -0.371 e. The molecule has 0 bridgehead atoms. The van der Waals surface area contributed by atoms with E-state index in [1.54, 1.807) is 11.4 Å². The second-order valence-electron chi connectivity index (χ2n) is 4.12. The van der Waals surface area contributed by atoms with Crippen molar-refractivity contribution in [2.75, 3.05) is 0 Å². The van der Waals surface area contributed by atoms with E-state index in [1.807, 2.05) is 0 Å². The number of fused-ring (bicyclic) bond motifs is 1. The van der Waals surface area contributed by atoms with Crippen LogP contribution in [0.4, 0.5) is 0 Å². The standard InChI is InChI=1S/C11H13NO3S/c1-7(2)3-5-12-8-4-6-16-9(8)10(13)15-11(12)14/h4,6-7H,3,5H2,1-2H3. The van der Waals surface area contributed by atoms with Crippen LogP contribution in [-0.4, -0.2) is 4.57 Å². The van der Waals surface area contributed by atoms with E-state index in [0.29, 0.717) is 22.7 Å². The first-order valence-electron chi connectivity index (χ1n) is 5.20. The number of aryl methyl sites for hydroxylation is 1. The van der Waals surface area contributed by atoms with E-state index in [0.717, 1.165) is 6.42 Å². The van der Waals surface area contributed by atoms with Crippen molar-refractivity contribution in [1.29, 1.82) is 0 Å². The Labute approximate surface area is 96.1 Å². The van der Waals surface area contributed by atoms with Gasteiger partial charge in [0.1, 0.15) is 4.70 Å². The van der Waals surface area contributed by atoms with Gasteiger partial charge in [0, 0.05) is 6.54 Å². The molecule has 5 heteroatoms. The number of rotatable bonds is 3. The number of thiophene rings is 1. The summed E-state index contributed by atoms with van der Waals surface area (Å²) in [5.41, 5.74) is 0.155. The first-order chi connectivity index (χ1) is 7.59. The van der Waals surface area contributed by atoms with E-state index >= 15 is 0 Å². The normalized spacial score (nSPS) is 11.4. The summed E-state index contributed by atoms with van der Waals surface area (Å²) in [7, 11) is 0. The molecule has 0 unspecified atom stereocenters. The van der Waals surface area contributed by atoms with Gasteiger partial charge >= 0.3 is 11.4 Å². The second-order valence-corrected chi connectivity index (χ2v) is 5.04. The molecule has 0 atom stereocenters. The molecule has 2 aromatic heterocycles. The molecule has 2 heterocycles. The van der Waals surface area contributed by atoms with Crippen LogP contribution < -0.4 is 11.4 Å². The third kappa shape index (κ3) is 1.95. The molecule has 0 aliphatic rings. The van der Waals surface area contributed by atoms with Gasteiger partial charge in [-0.05, 0) is 23.8 Å². The molecule has 4 nitrogen and oxygen atoms in total. The minimum absolute atomic E-state index is 0.507. The molecule has 0 aliphatic heterocycles. The van der Waals surface area contributed by atoms with Crippen LogP contribution in [0.1, 0.15) is 20.3 Å². The lowest BCUT2D eigenvalue weighted by atomic mass is 10.1. The quantitative estimate of drug-likeness (QED) is 0.823. The molecular formula is C11H13NO3S.